The van der Waals surface area contributed by atoms with Gasteiger partial charge in [0.15, 0.2) is 11.6 Å². The van der Waals surface area contributed by atoms with Crippen LogP contribution in [0.4, 0.5) is 8.78 Å². The molecule has 0 fully saturated rings. The zero-order chi connectivity index (χ0) is 14.9. The number of hydrogen-bond donors (Lipinski definition) is 2. The van der Waals surface area contributed by atoms with E-state index >= 15 is 0 Å². The van der Waals surface area contributed by atoms with Gasteiger partial charge in [-0.25, -0.2) is 13.9 Å². The van der Waals surface area contributed by atoms with E-state index in [1.54, 1.807) is 0 Å². The topological polar surface area (TPSA) is 57.8 Å². The Labute approximate surface area is 115 Å². The number of hydrogen-bond acceptors (Lipinski definition) is 3. The van der Waals surface area contributed by atoms with Crippen molar-refractivity contribution in [1.82, 2.24) is 15.5 Å². The maximum absolute atomic E-state index is 13.4. The number of rotatable bonds is 4. The van der Waals surface area contributed by atoms with Crippen LogP contribution in [-0.4, -0.2) is 16.7 Å². The minimum Gasteiger partial charge on any atom is -0.309 e. The maximum atomic E-state index is 13.4. The molecule has 20 heavy (non-hydrogen) atoms. The summed E-state index contributed by atoms with van der Waals surface area (Å²) < 4.78 is 26.7. The fraction of sp³-hybridized carbons (Fsp3) is 0.429. The average Bonchev–Trinajstić information content (AvgIpc) is 2.39. The fourth-order valence-corrected chi connectivity index (χ4v) is 2.02. The number of nitrogens with one attached hydrogen (secondary N) is 2. The molecule has 1 aromatic heterocycles. The van der Waals surface area contributed by atoms with Crippen LogP contribution < -0.4 is 10.9 Å². The summed E-state index contributed by atoms with van der Waals surface area (Å²) in [5, 5.41) is 9.97. The summed E-state index contributed by atoms with van der Waals surface area (Å²) in [6.45, 7) is 6.75. The van der Waals surface area contributed by atoms with E-state index in [1.807, 2.05) is 6.92 Å². The molecule has 0 amide bonds. The number of halogens is 2. The Kier molecular flexibility index (Phi) is 4.13. The molecule has 0 saturated carbocycles. The molecular formula is C14H17F2N3O. The zero-order valence-electron chi connectivity index (χ0n) is 11.6. The van der Waals surface area contributed by atoms with Crippen molar-refractivity contribution in [2.24, 2.45) is 5.92 Å². The summed E-state index contributed by atoms with van der Waals surface area (Å²) in [4.78, 5) is 11.7. The molecule has 6 heteroatoms. The Morgan fingerprint density at radius 3 is 2.40 bits per heavy atom. The van der Waals surface area contributed by atoms with Crippen LogP contribution in [0.1, 0.15) is 32.5 Å². The van der Waals surface area contributed by atoms with Crippen LogP contribution >= 0.6 is 0 Å². The number of aromatic nitrogens is 2. The first-order chi connectivity index (χ1) is 9.40. The first-order valence-electron chi connectivity index (χ1n) is 6.51. The molecule has 1 atom stereocenters. The Morgan fingerprint density at radius 1 is 1.20 bits per heavy atom. The third-order valence-electron chi connectivity index (χ3n) is 3.10. The Balaban J connectivity index is 2.51. The highest BCUT2D eigenvalue weighted by Gasteiger charge is 2.16. The third-order valence-corrected chi connectivity index (χ3v) is 3.10. The van der Waals surface area contributed by atoms with Crippen molar-refractivity contribution >= 4 is 10.8 Å². The van der Waals surface area contributed by atoms with E-state index in [1.165, 1.54) is 0 Å². The number of fused-ring (bicyclic) bond motifs is 1. The minimum atomic E-state index is -1.04. The van der Waals surface area contributed by atoms with Crippen LogP contribution in [0.15, 0.2) is 16.9 Å². The SMILES string of the molecule is CC(C)CN[C@H](C)c1n[nH]c(=O)c2cc(F)c(F)cc12. The molecule has 0 spiro atoms. The van der Waals surface area contributed by atoms with E-state index in [9.17, 15) is 13.6 Å². The molecule has 2 rings (SSSR count). The summed E-state index contributed by atoms with van der Waals surface area (Å²) >= 11 is 0. The third kappa shape index (κ3) is 2.85. The molecule has 108 valence electrons. The number of benzene rings is 1. The van der Waals surface area contributed by atoms with Crippen LogP contribution in [0.2, 0.25) is 0 Å². The van der Waals surface area contributed by atoms with E-state index in [2.05, 4.69) is 29.4 Å². The summed E-state index contributed by atoms with van der Waals surface area (Å²) in [5.74, 6) is -1.58. The van der Waals surface area contributed by atoms with E-state index < -0.39 is 17.2 Å². The standard InChI is InChI=1S/C14H17F2N3O/c1-7(2)6-17-8(3)13-9-4-11(15)12(16)5-10(9)14(20)19-18-13/h4-5,7-8,17H,6H2,1-3H3,(H,19,20)/t8-/m1/s1. The molecule has 2 N–H and O–H groups in total. The van der Waals surface area contributed by atoms with Gasteiger partial charge in [-0.3, -0.25) is 4.79 Å². The van der Waals surface area contributed by atoms with Crippen LogP contribution in [0, 0.1) is 17.6 Å². The smallest absolute Gasteiger partial charge is 0.272 e. The van der Waals surface area contributed by atoms with Crippen molar-refractivity contribution in [1.29, 1.82) is 0 Å². The van der Waals surface area contributed by atoms with Gasteiger partial charge in [0.25, 0.3) is 5.56 Å². The lowest BCUT2D eigenvalue weighted by atomic mass is 10.1. The second-order valence-electron chi connectivity index (χ2n) is 5.27. The van der Waals surface area contributed by atoms with Crippen molar-refractivity contribution in [2.75, 3.05) is 6.54 Å². The highest BCUT2D eigenvalue weighted by atomic mass is 19.2. The van der Waals surface area contributed by atoms with E-state index in [4.69, 9.17) is 0 Å². The second kappa shape index (κ2) is 5.66. The molecule has 0 aliphatic rings. The molecule has 0 bridgehead atoms. The normalized spacial score (nSPS) is 13.1. The average molecular weight is 281 g/mol. The van der Waals surface area contributed by atoms with Gasteiger partial charge in [-0.05, 0) is 31.5 Å². The summed E-state index contributed by atoms with van der Waals surface area (Å²) in [5.41, 5.74) is -0.0298. The van der Waals surface area contributed by atoms with Gasteiger partial charge in [-0.2, -0.15) is 5.10 Å². The largest absolute Gasteiger partial charge is 0.309 e. The first kappa shape index (κ1) is 14.6. The van der Waals surface area contributed by atoms with Crippen LogP contribution in [0.25, 0.3) is 10.8 Å². The predicted octanol–water partition coefficient (Wildman–Crippen LogP) is 2.51. The lowest BCUT2D eigenvalue weighted by Crippen LogP contribution is -2.25. The molecule has 1 heterocycles. The van der Waals surface area contributed by atoms with Crippen molar-refractivity contribution < 1.29 is 8.78 Å². The number of aromatic amines is 1. The van der Waals surface area contributed by atoms with Gasteiger partial charge in [0.2, 0.25) is 0 Å². The second-order valence-corrected chi connectivity index (χ2v) is 5.27. The Hall–Kier alpha value is -1.82. The van der Waals surface area contributed by atoms with Gasteiger partial charge in [0.1, 0.15) is 0 Å². The van der Waals surface area contributed by atoms with Crippen molar-refractivity contribution in [3.63, 3.8) is 0 Å². The Morgan fingerprint density at radius 2 is 1.80 bits per heavy atom. The molecule has 0 radical (unpaired) electrons. The summed E-state index contributed by atoms with van der Waals surface area (Å²) in [6.07, 6.45) is 0. The van der Waals surface area contributed by atoms with E-state index in [0.717, 1.165) is 18.7 Å². The monoisotopic (exact) mass is 281 g/mol. The van der Waals surface area contributed by atoms with Gasteiger partial charge in [-0.15, -0.1) is 0 Å². The van der Waals surface area contributed by atoms with Crippen LogP contribution in [0.5, 0.6) is 0 Å². The Bertz CT molecular complexity index is 682. The number of nitrogens with zero attached hydrogens (tertiary/aromatic N) is 1. The van der Waals surface area contributed by atoms with Gasteiger partial charge in [0.05, 0.1) is 11.1 Å². The molecule has 0 aliphatic heterocycles. The van der Waals surface area contributed by atoms with E-state index in [0.29, 0.717) is 17.0 Å². The van der Waals surface area contributed by atoms with Gasteiger partial charge >= 0.3 is 0 Å². The minimum absolute atomic E-state index is 0.104. The maximum Gasteiger partial charge on any atom is 0.272 e. The quantitative estimate of drug-likeness (QED) is 0.905. The molecular weight excluding hydrogens is 264 g/mol. The van der Waals surface area contributed by atoms with E-state index in [-0.39, 0.29) is 11.4 Å². The van der Waals surface area contributed by atoms with Crippen molar-refractivity contribution in [3.05, 3.63) is 39.8 Å². The van der Waals surface area contributed by atoms with Crippen LogP contribution in [-0.2, 0) is 0 Å². The van der Waals surface area contributed by atoms with Gasteiger partial charge in [-0.1, -0.05) is 13.8 Å². The summed E-state index contributed by atoms with van der Waals surface area (Å²) in [6, 6.07) is 1.75. The lowest BCUT2D eigenvalue weighted by molar-refractivity contribution is 0.488. The highest BCUT2D eigenvalue weighted by Crippen LogP contribution is 2.22. The van der Waals surface area contributed by atoms with Crippen molar-refractivity contribution in [3.8, 4) is 0 Å². The lowest BCUT2D eigenvalue weighted by Gasteiger charge is -2.16. The van der Waals surface area contributed by atoms with Gasteiger partial charge in [0, 0.05) is 11.4 Å². The fourth-order valence-electron chi connectivity index (χ4n) is 2.02. The zero-order valence-corrected chi connectivity index (χ0v) is 11.6. The summed E-state index contributed by atoms with van der Waals surface area (Å²) in [7, 11) is 0. The first-order valence-corrected chi connectivity index (χ1v) is 6.51. The van der Waals surface area contributed by atoms with Crippen molar-refractivity contribution in [2.45, 2.75) is 26.8 Å². The highest BCUT2D eigenvalue weighted by molar-refractivity contribution is 5.84. The predicted molar refractivity (Wildman–Crippen MR) is 73.5 cm³/mol. The van der Waals surface area contributed by atoms with Crippen LogP contribution in [0.3, 0.4) is 0 Å². The number of H-pyrrole nitrogens is 1. The molecule has 4 nitrogen and oxygen atoms in total. The van der Waals surface area contributed by atoms with Gasteiger partial charge < -0.3 is 5.32 Å². The molecule has 0 unspecified atom stereocenters. The molecule has 1 aromatic carbocycles. The molecule has 0 aliphatic carbocycles. The molecule has 0 saturated heterocycles. The molecule has 2 aromatic rings.